The molecule has 0 radical (unpaired) electrons. The minimum atomic E-state index is 0.184. The molecule has 19 heavy (non-hydrogen) atoms. The summed E-state index contributed by atoms with van der Waals surface area (Å²) in [6.07, 6.45) is 4.85. The van der Waals surface area contributed by atoms with E-state index in [1.54, 1.807) is 0 Å². The van der Waals surface area contributed by atoms with Gasteiger partial charge in [-0.05, 0) is 48.7 Å². The number of halogens is 1. The fourth-order valence-electron chi connectivity index (χ4n) is 2.11. The second-order valence-electron chi connectivity index (χ2n) is 4.70. The number of pyridine rings is 1. The van der Waals surface area contributed by atoms with Crippen molar-refractivity contribution >= 4 is 15.9 Å². The van der Waals surface area contributed by atoms with Gasteiger partial charge in [-0.2, -0.15) is 0 Å². The van der Waals surface area contributed by atoms with Crippen LogP contribution in [0, 0.1) is 6.92 Å². The fourth-order valence-corrected chi connectivity index (χ4v) is 2.83. The Morgan fingerprint density at radius 2 is 2.16 bits per heavy atom. The van der Waals surface area contributed by atoms with Gasteiger partial charge in [0.1, 0.15) is 0 Å². The van der Waals surface area contributed by atoms with Gasteiger partial charge in [-0.25, -0.2) is 0 Å². The maximum Gasteiger partial charge on any atom is 0.0603 e. The molecule has 0 saturated heterocycles. The zero-order chi connectivity index (χ0) is 13.7. The van der Waals surface area contributed by atoms with Gasteiger partial charge in [0.2, 0.25) is 0 Å². The average molecular weight is 319 g/mol. The molecule has 2 nitrogen and oxygen atoms in total. The van der Waals surface area contributed by atoms with Crippen molar-refractivity contribution in [3.05, 3.63) is 63.9 Å². The minimum Gasteiger partial charge on any atom is -0.306 e. The van der Waals surface area contributed by atoms with Crippen molar-refractivity contribution < 1.29 is 0 Å². The van der Waals surface area contributed by atoms with E-state index in [1.807, 2.05) is 18.5 Å². The van der Waals surface area contributed by atoms with E-state index in [-0.39, 0.29) is 6.04 Å². The maximum atomic E-state index is 4.23. The smallest absolute Gasteiger partial charge is 0.0603 e. The molecule has 0 spiro atoms. The van der Waals surface area contributed by atoms with Crippen molar-refractivity contribution in [3.8, 4) is 0 Å². The predicted octanol–water partition coefficient (Wildman–Crippen LogP) is 4.24. The van der Waals surface area contributed by atoms with E-state index in [1.165, 1.54) is 16.7 Å². The van der Waals surface area contributed by atoms with Crippen molar-refractivity contribution in [3.63, 3.8) is 0 Å². The quantitative estimate of drug-likeness (QED) is 0.891. The van der Waals surface area contributed by atoms with Crippen molar-refractivity contribution in [2.24, 2.45) is 0 Å². The molecule has 0 saturated carbocycles. The van der Waals surface area contributed by atoms with E-state index < -0.39 is 0 Å². The molecule has 1 aromatic carbocycles. The number of hydrogen-bond acceptors (Lipinski definition) is 2. The first-order chi connectivity index (χ1) is 9.22. The zero-order valence-corrected chi connectivity index (χ0v) is 12.9. The van der Waals surface area contributed by atoms with Crippen molar-refractivity contribution in [2.45, 2.75) is 26.3 Å². The highest BCUT2D eigenvalue weighted by atomic mass is 79.9. The summed E-state index contributed by atoms with van der Waals surface area (Å²) in [6.45, 7) is 5.27. The van der Waals surface area contributed by atoms with Crippen LogP contribution in [0.25, 0.3) is 0 Å². The summed E-state index contributed by atoms with van der Waals surface area (Å²) in [4.78, 5) is 4.23. The van der Waals surface area contributed by atoms with Crippen molar-refractivity contribution in [2.75, 3.05) is 6.54 Å². The summed E-state index contributed by atoms with van der Waals surface area (Å²) in [5.74, 6) is 0. The summed E-state index contributed by atoms with van der Waals surface area (Å²) in [5.41, 5.74) is 3.71. The van der Waals surface area contributed by atoms with Crippen LogP contribution in [-0.4, -0.2) is 11.5 Å². The zero-order valence-electron chi connectivity index (χ0n) is 11.4. The average Bonchev–Trinajstić information content (AvgIpc) is 2.42. The van der Waals surface area contributed by atoms with Gasteiger partial charge in [0.05, 0.1) is 6.04 Å². The van der Waals surface area contributed by atoms with E-state index in [0.29, 0.717) is 0 Å². The first kappa shape index (κ1) is 14.2. The lowest BCUT2D eigenvalue weighted by molar-refractivity contribution is 0.595. The SMILES string of the molecule is CCCNC(c1cccnc1)c1ccc(C)cc1Br. The van der Waals surface area contributed by atoms with Crippen LogP contribution < -0.4 is 5.32 Å². The number of benzene rings is 1. The number of rotatable bonds is 5. The molecular weight excluding hydrogens is 300 g/mol. The third-order valence-electron chi connectivity index (χ3n) is 3.08. The van der Waals surface area contributed by atoms with Gasteiger partial charge in [0, 0.05) is 16.9 Å². The summed E-state index contributed by atoms with van der Waals surface area (Å²) >= 11 is 3.68. The van der Waals surface area contributed by atoms with Crippen LogP contribution in [0.1, 0.15) is 36.1 Å². The van der Waals surface area contributed by atoms with E-state index in [2.05, 4.69) is 64.3 Å². The second kappa shape index (κ2) is 6.83. The molecule has 100 valence electrons. The monoisotopic (exact) mass is 318 g/mol. The Labute approximate surface area is 123 Å². The van der Waals surface area contributed by atoms with Crippen LogP contribution in [0.5, 0.6) is 0 Å². The molecule has 2 aromatic rings. The van der Waals surface area contributed by atoms with Gasteiger partial charge < -0.3 is 5.32 Å². The molecule has 0 aliphatic carbocycles. The molecule has 1 atom stereocenters. The molecule has 1 aromatic heterocycles. The lowest BCUT2D eigenvalue weighted by Gasteiger charge is -2.20. The van der Waals surface area contributed by atoms with Crippen molar-refractivity contribution in [1.29, 1.82) is 0 Å². The van der Waals surface area contributed by atoms with Gasteiger partial charge in [-0.15, -0.1) is 0 Å². The summed E-state index contributed by atoms with van der Waals surface area (Å²) < 4.78 is 1.14. The third-order valence-corrected chi connectivity index (χ3v) is 3.77. The van der Waals surface area contributed by atoms with E-state index in [4.69, 9.17) is 0 Å². The Hall–Kier alpha value is -1.19. The van der Waals surface area contributed by atoms with Crippen molar-refractivity contribution in [1.82, 2.24) is 10.3 Å². The molecule has 0 fully saturated rings. The van der Waals surface area contributed by atoms with E-state index >= 15 is 0 Å². The highest BCUT2D eigenvalue weighted by Gasteiger charge is 2.16. The van der Waals surface area contributed by atoms with Gasteiger partial charge in [0.25, 0.3) is 0 Å². The van der Waals surface area contributed by atoms with E-state index in [0.717, 1.165) is 17.4 Å². The third kappa shape index (κ3) is 3.64. The number of nitrogens with zero attached hydrogens (tertiary/aromatic N) is 1. The molecule has 0 aliphatic heterocycles. The van der Waals surface area contributed by atoms with Crippen LogP contribution in [0.15, 0.2) is 47.2 Å². The largest absolute Gasteiger partial charge is 0.306 e. The van der Waals surface area contributed by atoms with Crippen LogP contribution >= 0.6 is 15.9 Å². The normalized spacial score (nSPS) is 12.4. The highest BCUT2D eigenvalue weighted by Crippen LogP contribution is 2.29. The first-order valence-corrected chi connectivity index (χ1v) is 7.41. The lowest BCUT2D eigenvalue weighted by atomic mass is 9.99. The molecule has 0 bridgehead atoms. The lowest BCUT2D eigenvalue weighted by Crippen LogP contribution is -2.23. The van der Waals surface area contributed by atoms with Gasteiger partial charge in [-0.1, -0.05) is 41.1 Å². The molecule has 0 amide bonds. The van der Waals surface area contributed by atoms with Crippen LogP contribution in [-0.2, 0) is 0 Å². The molecule has 0 aliphatic rings. The summed E-state index contributed by atoms with van der Waals surface area (Å²) in [5, 5.41) is 3.59. The minimum absolute atomic E-state index is 0.184. The second-order valence-corrected chi connectivity index (χ2v) is 5.55. The molecule has 1 heterocycles. The first-order valence-electron chi connectivity index (χ1n) is 6.61. The Bertz CT molecular complexity index is 526. The molecular formula is C16H19BrN2. The number of aromatic nitrogens is 1. The molecule has 1 unspecified atom stereocenters. The van der Waals surface area contributed by atoms with Crippen LogP contribution in [0.2, 0.25) is 0 Å². The Morgan fingerprint density at radius 1 is 1.32 bits per heavy atom. The Balaban J connectivity index is 2.37. The standard InChI is InChI=1S/C16H19BrN2/c1-3-8-19-16(13-5-4-9-18-11-13)14-7-6-12(2)10-15(14)17/h4-7,9-11,16,19H,3,8H2,1-2H3. The summed E-state index contributed by atoms with van der Waals surface area (Å²) in [6, 6.07) is 10.8. The summed E-state index contributed by atoms with van der Waals surface area (Å²) in [7, 11) is 0. The Morgan fingerprint density at radius 3 is 2.79 bits per heavy atom. The van der Waals surface area contributed by atoms with Gasteiger partial charge >= 0.3 is 0 Å². The number of nitrogens with one attached hydrogen (secondary N) is 1. The van der Waals surface area contributed by atoms with Gasteiger partial charge in [0.15, 0.2) is 0 Å². The molecule has 1 N–H and O–H groups in total. The van der Waals surface area contributed by atoms with Gasteiger partial charge in [-0.3, -0.25) is 4.98 Å². The fraction of sp³-hybridized carbons (Fsp3) is 0.312. The predicted molar refractivity (Wildman–Crippen MR) is 83.3 cm³/mol. The molecule has 3 heteroatoms. The number of hydrogen-bond donors (Lipinski definition) is 1. The van der Waals surface area contributed by atoms with Crippen LogP contribution in [0.4, 0.5) is 0 Å². The molecule has 2 rings (SSSR count). The topological polar surface area (TPSA) is 24.9 Å². The number of aryl methyl sites for hydroxylation is 1. The Kier molecular flexibility index (Phi) is 5.11. The maximum absolute atomic E-state index is 4.23. The van der Waals surface area contributed by atoms with E-state index in [9.17, 15) is 0 Å². The van der Waals surface area contributed by atoms with Crippen LogP contribution in [0.3, 0.4) is 0 Å². The highest BCUT2D eigenvalue weighted by molar-refractivity contribution is 9.10.